The van der Waals surface area contributed by atoms with Gasteiger partial charge in [-0.1, -0.05) is 20.8 Å². The molecule has 1 heterocycles. The Morgan fingerprint density at radius 2 is 2.15 bits per heavy atom. The van der Waals surface area contributed by atoms with Gasteiger partial charge in [0, 0.05) is 19.0 Å². The summed E-state index contributed by atoms with van der Waals surface area (Å²) in [6, 6.07) is 0. The molecule has 0 aromatic carbocycles. The van der Waals surface area contributed by atoms with Crippen molar-refractivity contribution in [1.29, 1.82) is 0 Å². The predicted octanol–water partition coefficient (Wildman–Crippen LogP) is 1.18. The van der Waals surface area contributed by atoms with Gasteiger partial charge >= 0.3 is 5.97 Å². The van der Waals surface area contributed by atoms with Gasteiger partial charge in [-0.05, 0) is 16.9 Å². The number of nitrogens with zero attached hydrogens (tertiary/aromatic N) is 1. The monoisotopic (exact) mass is 322 g/mol. The Morgan fingerprint density at radius 1 is 1.55 bits per heavy atom. The fourth-order valence-corrected chi connectivity index (χ4v) is 3.72. The van der Waals surface area contributed by atoms with Crippen molar-refractivity contribution in [3.63, 3.8) is 0 Å². The number of methoxy groups -OCH3 is 1. The SMILES string of the molecule is COC(CNS(=O)(=O)c1csnc1C(=O)O)C(C)(C)C. The molecule has 1 aromatic rings. The van der Waals surface area contributed by atoms with Crippen LogP contribution in [-0.2, 0) is 14.8 Å². The second kappa shape index (κ2) is 6.17. The number of aromatic carboxylic acids is 1. The Bertz CT molecular complexity index is 574. The standard InChI is InChI=1S/C11H18N2O5S2/c1-11(2,3)8(18-4)5-12-20(16,17)7-6-19-13-9(7)10(14)15/h6,8,12H,5H2,1-4H3,(H,14,15). The van der Waals surface area contributed by atoms with E-state index >= 15 is 0 Å². The van der Waals surface area contributed by atoms with Crippen LogP contribution in [0.4, 0.5) is 0 Å². The Balaban J connectivity index is 2.91. The molecule has 9 heteroatoms. The lowest BCUT2D eigenvalue weighted by Crippen LogP contribution is -2.40. The number of aromatic nitrogens is 1. The lowest BCUT2D eigenvalue weighted by molar-refractivity contribution is 0.0212. The number of rotatable bonds is 6. The highest BCUT2D eigenvalue weighted by molar-refractivity contribution is 7.89. The third-order valence-corrected chi connectivity index (χ3v) is 4.95. The Labute approximate surface area is 122 Å². The minimum absolute atomic E-state index is 0.0528. The zero-order valence-corrected chi connectivity index (χ0v) is 13.3. The quantitative estimate of drug-likeness (QED) is 0.814. The minimum Gasteiger partial charge on any atom is -0.476 e. The molecule has 20 heavy (non-hydrogen) atoms. The van der Waals surface area contributed by atoms with E-state index in [-0.39, 0.29) is 23.0 Å². The van der Waals surface area contributed by atoms with Crippen LogP contribution in [-0.4, -0.2) is 43.6 Å². The van der Waals surface area contributed by atoms with Gasteiger partial charge in [0.1, 0.15) is 4.90 Å². The van der Waals surface area contributed by atoms with Gasteiger partial charge in [-0.3, -0.25) is 0 Å². The Kier molecular flexibility index (Phi) is 5.25. The van der Waals surface area contributed by atoms with Gasteiger partial charge in [0.25, 0.3) is 0 Å². The maximum atomic E-state index is 12.1. The molecule has 1 aromatic heterocycles. The van der Waals surface area contributed by atoms with Crippen molar-refractivity contribution in [1.82, 2.24) is 9.10 Å². The van der Waals surface area contributed by atoms with E-state index in [1.54, 1.807) is 0 Å². The molecule has 0 aliphatic rings. The van der Waals surface area contributed by atoms with Crippen LogP contribution in [0.2, 0.25) is 0 Å². The van der Waals surface area contributed by atoms with Crippen LogP contribution in [0.3, 0.4) is 0 Å². The van der Waals surface area contributed by atoms with Crippen molar-refractivity contribution in [2.45, 2.75) is 31.8 Å². The van der Waals surface area contributed by atoms with Gasteiger partial charge in [-0.2, -0.15) is 4.37 Å². The van der Waals surface area contributed by atoms with Gasteiger partial charge < -0.3 is 9.84 Å². The largest absolute Gasteiger partial charge is 0.476 e. The van der Waals surface area contributed by atoms with E-state index in [9.17, 15) is 13.2 Å². The van der Waals surface area contributed by atoms with Crippen molar-refractivity contribution in [2.24, 2.45) is 5.41 Å². The predicted molar refractivity (Wildman–Crippen MR) is 74.5 cm³/mol. The number of carbonyl (C=O) groups is 1. The zero-order chi connectivity index (χ0) is 15.6. The first-order valence-corrected chi connectivity index (χ1v) is 8.11. The van der Waals surface area contributed by atoms with Crippen LogP contribution >= 0.6 is 11.5 Å². The van der Waals surface area contributed by atoms with Gasteiger partial charge in [-0.25, -0.2) is 17.9 Å². The van der Waals surface area contributed by atoms with E-state index in [1.807, 2.05) is 20.8 Å². The molecular formula is C11H18N2O5S2. The van der Waals surface area contributed by atoms with Crippen LogP contribution in [0.1, 0.15) is 31.3 Å². The van der Waals surface area contributed by atoms with Crippen molar-refractivity contribution in [2.75, 3.05) is 13.7 Å². The molecular weight excluding hydrogens is 304 g/mol. The van der Waals surface area contributed by atoms with E-state index in [0.717, 1.165) is 11.5 Å². The molecule has 0 aliphatic heterocycles. The zero-order valence-electron chi connectivity index (χ0n) is 11.7. The molecule has 0 saturated carbocycles. The minimum atomic E-state index is -3.92. The first-order chi connectivity index (χ1) is 9.09. The summed E-state index contributed by atoms with van der Waals surface area (Å²) >= 11 is 0.786. The number of sulfonamides is 1. The topological polar surface area (TPSA) is 106 Å². The Morgan fingerprint density at radius 3 is 2.60 bits per heavy atom. The number of hydrogen-bond donors (Lipinski definition) is 2. The summed E-state index contributed by atoms with van der Waals surface area (Å²) in [5.74, 6) is -1.37. The average Bonchev–Trinajstić information content (AvgIpc) is 2.77. The highest BCUT2D eigenvalue weighted by Gasteiger charge is 2.29. The van der Waals surface area contributed by atoms with Gasteiger partial charge in [-0.15, -0.1) is 0 Å². The van der Waals surface area contributed by atoms with Crippen molar-refractivity contribution < 1.29 is 23.1 Å². The van der Waals surface area contributed by atoms with E-state index in [0.29, 0.717) is 0 Å². The molecule has 1 rings (SSSR count). The average molecular weight is 322 g/mol. The van der Waals surface area contributed by atoms with Crippen LogP contribution in [0.5, 0.6) is 0 Å². The van der Waals surface area contributed by atoms with Crippen molar-refractivity contribution in [3.8, 4) is 0 Å². The molecule has 1 atom stereocenters. The highest BCUT2D eigenvalue weighted by atomic mass is 32.2. The van der Waals surface area contributed by atoms with Crippen molar-refractivity contribution in [3.05, 3.63) is 11.1 Å². The number of ether oxygens (including phenoxy) is 1. The van der Waals surface area contributed by atoms with Gasteiger partial charge in [0.2, 0.25) is 10.0 Å². The molecule has 0 saturated heterocycles. The van der Waals surface area contributed by atoms with E-state index in [4.69, 9.17) is 9.84 Å². The van der Waals surface area contributed by atoms with Crippen LogP contribution in [0.15, 0.2) is 10.3 Å². The fourth-order valence-electron chi connectivity index (χ4n) is 1.57. The highest BCUT2D eigenvalue weighted by Crippen LogP contribution is 2.22. The fraction of sp³-hybridized carbons (Fsp3) is 0.636. The third kappa shape index (κ3) is 3.98. The molecule has 0 bridgehead atoms. The summed E-state index contributed by atoms with van der Waals surface area (Å²) in [5.41, 5.74) is -0.716. The molecule has 114 valence electrons. The molecule has 0 spiro atoms. The van der Waals surface area contributed by atoms with Crippen LogP contribution in [0, 0.1) is 5.41 Å². The first-order valence-electron chi connectivity index (χ1n) is 5.79. The van der Waals surface area contributed by atoms with Gasteiger partial charge in [0.05, 0.1) is 6.10 Å². The molecule has 0 amide bonds. The molecule has 0 radical (unpaired) electrons. The second-order valence-electron chi connectivity index (χ2n) is 5.27. The summed E-state index contributed by atoms with van der Waals surface area (Å²) in [7, 11) is -2.42. The van der Waals surface area contributed by atoms with Gasteiger partial charge in [0.15, 0.2) is 5.69 Å². The lowest BCUT2D eigenvalue weighted by Gasteiger charge is -2.29. The molecule has 2 N–H and O–H groups in total. The number of carboxylic acids is 1. The smallest absolute Gasteiger partial charge is 0.357 e. The second-order valence-corrected chi connectivity index (χ2v) is 7.64. The summed E-state index contributed by atoms with van der Waals surface area (Å²) < 4.78 is 35.4. The lowest BCUT2D eigenvalue weighted by atomic mass is 9.89. The van der Waals surface area contributed by atoms with Crippen molar-refractivity contribution >= 4 is 27.5 Å². The van der Waals surface area contributed by atoms with E-state index < -0.39 is 21.7 Å². The number of nitrogens with one attached hydrogen (secondary N) is 1. The normalized spacial score (nSPS) is 14.2. The number of hydrogen-bond acceptors (Lipinski definition) is 6. The summed E-state index contributed by atoms with van der Waals surface area (Å²) in [6.07, 6.45) is -0.336. The Hall–Kier alpha value is -1.03. The maximum Gasteiger partial charge on any atom is 0.357 e. The van der Waals surface area contributed by atoms with Crippen LogP contribution in [0.25, 0.3) is 0 Å². The number of carboxylic acid groups (broad SMARTS) is 1. The van der Waals surface area contributed by atoms with Crippen LogP contribution < -0.4 is 4.72 Å². The van der Waals surface area contributed by atoms with E-state index in [1.165, 1.54) is 12.5 Å². The third-order valence-electron chi connectivity index (χ3n) is 2.74. The maximum absolute atomic E-state index is 12.1. The summed E-state index contributed by atoms with van der Waals surface area (Å²) in [4.78, 5) is 10.6. The molecule has 1 unspecified atom stereocenters. The first kappa shape index (κ1) is 17.0. The summed E-state index contributed by atoms with van der Waals surface area (Å²) in [5, 5.41) is 10.1. The molecule has 0 fully saturated rings. The molecule has 0 aliphatic carbocycles. The molecule has 7 nitrogen and oxygen atoms in total. The summed E-state index contributed by atoms with van der Waals surface area (Å²) in [6.45, 7) is 5.82. The van der Waals surface area contributed by atoms with E-state index in [2.05, 4.69) is 9.10 Å².